The zero-order valence-corrected chi connectivity index (χ0v) is 25.4. The topological polar surface area (TPSA) is 86.8 Å². The van der Waals surface area contributed by atoms with Gasteiger partial charge in [0.2, 0.25) is 11.8 Å². The summed E-state index contributed by atoms with van der Waals surface area (Å²) in [4.78, 5) is 29.1. The van der Waals surface area contributed by atoms with Crippen LogP contribution in [0.5, 0.6) is 0 Å². The van der Waals surface area contributed by atoms with Crippen LogP contribution in [0.1, 0.15) is 22.3 Å². The summed E-state index contributed by atoms with van der Waals surface area (Å²) >= 11 is 6.03. The third kappa shape index (κ3) is 7.57. The largest absolute Gasteiger partial charge is 0.357 e. The number of halogens is 1. The Labute approximate surface area is 252 Å². The van der Waals surface area contributed by atoms with Gasteiger partial charge >= 0.3 is 0 Å². The fraction of sp³-hybridized carbons (Fsp3) is 0.212. The van der Waals surface area contributed by atoms with Gasteiger partial charge in [-0.05, 0) is 66.9 Å². The summed E-state index contributed by atoms with van der Waals surface area (Å²) in [6, 6.07) is 29.0. The quantitative estimate of drug-likeness (QED) is 0.244. The minimum atomic E-state index is -4.18. The molecule has 0 radical (unpaired) electrons. The third-order valence-electron chi connectivity index (χ3n) is 6.92. The fourth-order valence-corrected chi connectivity index (χ4v) is 6.31. The monoisotopic (exact) mass is 603 g/mol. The van der Waals surface area contributed by atoms with Crippen LogP contribution >= 0.6 is 11.6 Å². The number of carbonyl (C=O) groups is 2. The predicted octanol–water partition coefficient (Wildman–Crippen LogP) is 5.54. The normalized spacial score (nSPS) is 11.9. The molecule has 1 atom stereocenters. The molecule has 0 aliphatic rings. The van der Waals surface area contributed by atoms with Gasteiger partial charge in [0.25, 0.3) is 10.0 Å². The highest BCUT2D eigenvalue weighted by Crippen LogP contribution is 2.26. The number of benzene rings is 4. The van der Waals surface area contributed by atoms with Crippen molar-refractivity contribution in [2.75, 3.05) is 17.9 Å². The number of hydrogen-bond donors (Lipinski definition) is 1. The van der Waals surface area contributed by atoms with Gasteiger partial charge < -0.3 is 10.2 Å². The Morgan fingerprint density at radius 3 is 2.05 bits per heavy atom. The van der Waals surface area contributed by atoms with Crippen molar-refractivity contribution in [2.24, 2.45) is 0 Å². The summed E-state index contributed by atoms with van der Waals surface area (Å²) < 4.78 is 29.1. The Balaban J connectivity index is 1.79. The molecule has 4 rings (SSSR count). The molecule has 9 heteroatoms. The lowest BCUT2D eigenvalue weighted by Gasteiger charge is -2.33. The highest BCUT2D eigenvalue weighted by atomic mass is 35.5. The molecule has 1 N–H and O–H groups in total. The molecule has 7 nitrogen and oxygen atoms in total. The van der Waals surface area contributed by atoms with E-state index in [1.807, 2.05) is 74.5 Å². The lowest BCUT2D eigenvalue weighted by atomic mass is 10.0. The Bertz CT molecular complexity index is 1640. The van der Waals surface area contributed by atoms with E-state index in [0.717, 1.165) is 26.6 Å². The van der Waals surface area contributed by atoms with Gasteiger partial charge in [-0.3, -0.25) is 13.9 Å². The number of amides is 2. The summed E-state index contributed by atoms with van der Waals surface area (Å²) in [5.41, 5.74) is 3.88. The molecule has 0 unspecified atom stereocenters. The highest BCUT2D eigenvalue weighted by molar-refractivity contribution is 7.92. The Morgan fingerprint density at radius 2 is 1.43 bits per heavy atom. The minimum Gasteiger partial charge on any atom is -0.357 e. The molecule has 0 aromatic heterocycles. The van der Waals surface area contributed by atoms with E-state index in [1.165, 1.54) is 36.2 Å². The second-order valence-corrected chi connectivity index (χ2v) is 12.4. The van der Waals surface area contributed by atoms with Crippen molar-refractivity contribution in [1.29, 1.82) is 0 Å². The molecular weight excluding hydrogens is 570 g/mol. The third-order valence-corrected chi connectivity index (χ3v) is 8.96. The van der Waals surface area contributed by atoms with Crippen molar-refractivity contribution < 1.29 is 18.0 Å². The van der Waals surface area contributed by atoms with Gasteiger partial charge in [0.1, 0.15) is 12.6 Å². The van der Waals surface area contributed by atoms with Gasteiger partial charge in [-0.2, -0.15) is 0 Å². The van der Waals surface area contributed by atoms with E-state index >= 15 is 0 Å². The summed E-state index contributed by atoms with van der Waals surface area (Å²) in [7, 11) is -2.65. The molecule has 2 amide bonds. The first-order chi connectivity index (χ1) is 20.1. The van der Waals surface area contributed by atoms with Crippen LogP contribution in [0.15, 0.2) is 108 Å². The SMILES string of the molecule is CNC(=O)[C@@H](Cc1ccccc1)N(Cc1cccc(C)c1)C(=O)CN(c1cccc(C)c1)S(=O)(=O)c1ccc(Cl)cc1. The van der Waals surface area contributed by atoms with Gasteiger partial charge in [-0.25, -0.2) is 8.42 Å². The zero-order chi connectivity index (χ0) is 30.3. The van der Waals surface area contributed by atoms with Crippen LogP contribution in [-0.4, -0.2) is 44.8 Å². The molecule has 0 bridgehead atoms. The number of aryl methyl sites for hydroxylation is 2. The number of anilines is 1. The van der Waals surface area contributed by atoms with E-state index in [9.17, 15) is 18.0 Å². The molecule has 4 aromatic rings. The van der Waals surface area contributed by atoms with E-state index in [-0.39, 0.29) is 23.8 Å². The van der Waals surface area contributed by atoms with E-state index in [1.54, 1.807) is 18.2 Å². The van der Waals surface area contributed by atoms with Gasteiger partial charge in [-0.15, -0.1) is 0 Å². The van der Waals surface area contributed by atoms with E-state index in [2.05, 4.69) is 5.32 Å². The van der Waals surface area contributed by atoms with E-state index in [4.69, 9.17) is 11.6 Å². The second kappa shape index (κ2) is 13.7. The van der Waals surface area contributed by atoms with Gasteiger partial charge in [0.15, 0.2) is 0 Å². The number of likely N-dealkylation sites (N-methyl/N-ethyl adjacent to an activating group) is 1. The number of hydrogen-bond acceptors (Lipinski definition) is 4. The smallest absolute Gasteiger partial charge is 0.264 e. The van der Waals surface area contributed by atoms with Gasteiger partial charge in [0, 0.05) is 25.0 Å². The molecular formula is C33H34ClN3O4S. The predicted molar refractivity (Wildman–Crippen MR) is 167 cm³/mol. The summed E-state index contributed by atoms with van der Waals surface area (Å²) in [6.07, 6.45) is 0.256. The Morgan fingerprint density at radius 1 is 0.810 bits per heavy atom. The molecule has 0 fully saturated rings. The zero-order valence-electron chi connectivity index (χ0n) is 23.8. The number of rotatable bonds is 11. The molecule has 4 aromatic carbocycles. The van der Waals surface area contributed by atoms with Crippen LogP contribution < -0.4 is 9.62 Å². The minimum absolute atomic E-state index is 0.00132. The van der Waals surface area contributed by atoms with Crippen LogP contribution in [0.25, 0.3) is 0 Å². The average molecular weight is 604 g/mol. The lowest BCUT2D eigenvalue weighted by Crippen LogP contribution is -2.53. The first-order valence-corrected chi connectivity index (χ1v) is 15.4. The highest BCUT2D eigenvalue weighted by Gasteiger charge is 2.34. The second-order valence-electron chi connectivity index (χ2n) is 10.1. The van der Waals surface area contributed by atoms with Crippen molar-refractivity contribution >= 4 is 39.1 Å². The van der Waals surface area contributed by atoms with Crippen molar-refractivity contribution in [3.63, 3.8) is 0 Å². The first-order valence-electron chi connectivity index (χ1n) is 13.5. The fourth-order valence-electron chi connectivity index (χ4n) is 4.77. The summed E-state index contributed by atoms with van der Waals surface area (Å²) in [5, 5.41) is 3.09. The summed E-state index contributed by atoms with van der Waals surface area (Å²) in [5.74, 6) is -0.859. The van der Waals surface area contributed by atoms with Gasteiger partial charge in [-0.1, -0.05) is 83.9 Å². The van der Waals surface area contributed by atoms with Crippen molar-refractivity contribution in [3.8, 4) is 0 Å². The standard InChI is InChI=1S/C33H34ClN3O4S/c1-24-9-7-13-27(19-24)22-36(31(33(39)35-3)21-26-11-5-4-6-12-26)32(38)23-37(29-14-8-10-25(2)20-29)42(40,41)30-17-15-28(34)16-18-30/h4-20,31H,21-23H2,1-3H3,(H,35,39)/t31-/m1/s1. The number of sulfonamides is 1. The Kier molecular flexibility index (Phi) is 10.0. The van der Waals surface area contributed by atoms with E-state index < -0.39 is 28.5 Å². The lowest BCUT2D eigenvalue weighted by molar-refractivity contribution is -0.139. The van der Waals surface area contributed by atoms with Crippen LogP contribution in [0, 0.1) is 13.8 Å². The average Bonchev–Trinajstić information content (AvgIpc) is 2.98. The number of nitrogens with zero attached hydrogens (tertiary/aromatic N) is 2. The Hall–Kier alpha value is -4.14. The maximum Gasteiger partial charge on any atom is 0.264 e. The van der Waals surface area contributed by atoms with Crippen molar-refractivity contribution in [1.82, 2.24) is 10.2 Å². The van der Waals surface area contributed by atoms with Crippen molar-refractivity contribution in [3.05, 3.63) is 130 Å². The van der Waals surface area contributed by atoms with Crippen molar-refractivity contribution in [2.45, 2.75) is 37.8 Å². The molecule has 0 saturated heterocycles. The first kappa shape index (κ1) is 30.8. The molecule has 42 heavy (non-hydrogen) atoms. The van der Waals surface area contributed by atoms with E-state index in [0.29, 0.717) is 10.7 Å². The number of nitrogens with one attached hydrogen (secondary N) is 1. The maximum atomic E-state index is 14.3. The van der Waals surface area contributed by atoms with Gasteiger partial charge in [0.05, 0.1) is 10.6 Å². The van der Waals surface area contributed by atoms with Crippen LogP contribution in [0.3, 0.4) is 0 Å². The molecule has 0 saturated carbocycles. The van der Waals surface area contributed by atoms with Crippen LogP contribution in [-0.2, 0) is 32.6 Å². The number of carbonyl (C=O) groups excluding carboxylic acids is 2. The molecule has 0 heterocycles. The maximum absolute atomic E-state index is 14.3. The summed E-state index contributed by atoms with van der Waals surface area (Å²) in [6.45, 7) is 3.41. The molecule has 0 aliphatic heterocycles. The van der Waals surface area contributed by atoms with Crippen LogP contribution in [0.4, 0.5) is 5.69 Å². The molecule has 0 aliphatic carbocycles. The molecule has 0 spiro atoms. The van der Waals surface area contributed by atoms with Crippen LogP contribution in [0.2, 0.25) is 5.02 Å². The molecule has 218 valence electrons.